The van der Waals surface area contributed by atoms with Crippen LogP contribution in [0.5, 0.6) is 0 Å². The van der Waals surface area contributed by atoms with Gasteiger partial charge < -0.3 is 9.73 Å². The molecule has 2 rings (SSSR count). The molecule has 0 saturated heterocycles. The molecule has 0 radical (unpaired) electrons. The number of nitrogens with one attached hydrogen (secondary N) is 1. The van der Waals surface area contributed by atoms with Crippen molar-refractivity contribution < 1.29 is 4.42 Å². The predicted octanol–water partition coefficient (Wildman–Crippen LogP) is 4.66. The zero-order valence-electron chi connectivity index (χ0n) is 13.9. The molecule has 1 heterocycles. The molecule has 1 unspecified atom stereocenters. The Kier molecular flexibility index (Phi) is 5.24. The van der Waals surface area contributed by atoms with Gasteiger partial charge in [-0.15, -0.1) is 0 Å². The van der Waals surface area contributed by atoms with Gasteiger partial charge in [-0.05, 0) is 56.5 Å². The fraction of sp³-hybridized carbons (Fsp3) is 0.474. The minimum atomic E-state index is 0.323. The Bertz CT molecular complexity index is 574. The second-order valence-electron chi connectivity index (χ2n) is 5.84. The van der Waals surface area contributed by atoms with Gasteiger partial charge in [0.25, 0.3) is 0 Å². The van der Waals surface area contributed by atoms with Crippen molar-refractivity contribution in [2.75, 3.05) is 6.54 Å². The quantitative estimate of drug-likeness (QED) is 0.835. The fourth-order valence-corrected chi connectivity index (χ4v) is 3.22. The molecule has 2 aromatic rings. The summed E-state index contributed by atoms with van der Waals surface area (Å²) in [4.78, 5) is 0. The van der Waals surface area contributed by atoms with Crippen LogP contribution >= 0.6 is 0 Å². The first-order valence-corrected chi connectivity index (χ1v) is 7.93. The standard InChI is InChI=1S/C19H27NO/c1-6-19-16(8-9-21-19)18(20-7-2)12-17-14(4)10-13(3)11-15(17)5/h8-11,18,20H,6-7,12H2,1-5H3. The van der Waals surface area contributed by atoms with Gasteiger partial charge in [0.15, 0.2) is 0 Å². The topological polar surface area (TPSA) is 25.2 Å². The number of hydrogen-bond acceptors (Lipinski definition) is 2. The molecule has 1 aromatic carbocycles. The van der Waals surface area contributed by atoms with E-state index in [1.165, 1.54) is 27.8 Å². The third-order valence-electron chi connectivity index (χ3n) is 4.18. The summed E-state index contributed by atoms with van der Waals surface area (Å²) in [5.41, 5.74) is 6.87. The second kappa shape index (κ2) is 6.95. The molecule has 1 aromatic heterocycles. The van der Waals surface area contributed by atoms with Gasteiger partial charge in [-0.2, -0.15) is 0 Å². The summed E-state index contributed by atoms with van der Waals surface area (Å²) in [7, 11) is 0. The first kappa shape index (κ1) is 15.8. The molecule has 0 bridgehead atoms. The van der Waals surface area contributed by atoms with Gasteiger partial charge in [-0.25, -0.2) is 0 Å². The highest BCUT2D eigenvalue weighted by Crippen LogP contribution is 2.27. The van der Waals surface area contributed by atoms with Gasteiger partial charge in [0.2, 0.25) is 0 Å². The van der Waals surface area contributed by atoms with Crippen LogP contribution in [0.15, 0.2) is 28.9 Å². The molecule has 2 nitrogen and oxygen atoms in total. The molecule has 0 saturated carbocycles. The summed E-state index contributed by atoms with van der Waals surface area (Å²) in [5, 5.41) is 3.62. The minimum Gasteiger partial charge on any atom is -0.469 e. The van der Waals surface area contributed by atoms with Gasteiger partial charge in [-0.3, -0.25) is 0 Å². The molecule has 0 aliphatic carbocycles. The van der Waals surface area contributed by atoms with Gasteiger partial charge in [0, 0.05) is 18.0 Å². The minimum absolute atomic E-state index is 0.323. The van der Waals surface area contributed by atoms with Crippen LogP contribution in [0.3, 0.4) is 0 Å². The number of likely N-dealkylation sites (N-methyl/N-ethyl adjacent to an activating group) is 1. The number of furan rings is 1. The lowest BCUT2D eigenvalue weighted by molar-refractivity contribution is 0.486. The van der Waals surface area contributed by atoms with Crippen LogP contribution in [-0.4, -0.2) is 6.54 Å². The van der Waals surface area contributed by atoms with Crippen molar-refractivity contribution in [3.05, 3.63) is 58.0 Å². The number of hydrogen-bond donors (Lipinski definition) is 1. The van der Waals surface area contributed by atoms with Gasteiger partial charge in [-0.1, -0.05) is 31.5 Å². The summed E-state index contributed by atoms with van der Waals surface area (Å²) >= 11 is 0. The maximum Gasteiger partial charge on any atom is 0.108 e. The number of aryl methyl sites for hydroxylation is 4. The maximum absolute atomic E-state index is 5.62. The molecule has 21 heavy (non-hydrogen) atoms. The molecule has 0 aliphatic heterocycles. The van der Waals surface area contributed by atoms with E-state index in [-0.39, 0.29) is 0 Å². The third-order valence-corrected chi connectivity index (χ3v) is 4.18. The summed E-state index contributed by atoms with van der Waals surface area (Å²) in [6, 6.07) is 7.00. The summed E-state index contributed by atoms with van der Waals surface area (Å²) in [6.45, 7) is 11.9. The first-order chi connectivity index (χ1) is 10.1. The van der Waals surface area contributed by atoms with E-state index >= 15 is 0 Å². The van der Waals surface area contributed by atoms with Crippen molar-refractivity contribution in [2.24, 2.45) is 0 Å². The summed E-state index contributed by atoms with van der Waals surface area (Å²) < 4.78 is 5.62. The molecule has 2 heteroatoms. The monoisotopic (exact) mass is 285 g/mol. The van der Waals surface area contributed by atoms with Gasteiger partial charge >= 0.3 is 0 Å². The highest BCUT2D eigenvalue weighted by molar-refractivity contribution is 5.39. The molecule has 114 valence electrons. The highest BCUT2D eigenvalue weighted by atomic mass is 16.3. The fourth-order valence-electron chi connectivity index (χ4n) is 3.22. The number of benzene rings is 1. The second-order valence-corrected chi connectivity index (χ2v) is 5.84. The van der Waals surface area contributed by atoms with E-state index in [1.807, 2.05) is 6.26 Å². The predicted molar refractivity (Wildman–Crippen MR) is 88.9 cm³/mol. The average molecular weight is 285 g/mol. The molecular formula is C19H27NO. The lowest BCUT2D eigenvalue weighted by atomic mass is 9.91. The van der Waals surface area contributed by atoms with Crippen molar-refractivity contribution >= 4 is 0 Å². The van der Waals surface area contributed by atoms with Crippen molar-refractivity contribution in [2.45, 2.75) is 53.5 Å². The molecule has 1 atom stereocenters. The highest BCUT2D eigenvalue weighted by Gasteiger charge is 2.18. The SMILES string of the molecule is CCNC(Cc1c(C)cc(C)cc1C)c1ccoc1CC. The third kappa shape index (κ3) is 3.56. The van der Waals surface area contributed by atoms with E-state index in [1.54, 1.807) is 0 Å². The van der Waals surface area contributed by atoms with Gasteiger partial charge in [0.1, 0.15) is 5.76 Å². The van der Waals surface area contributed by atoms with Crippen molar-refractivity contribution in [1.29, 1.82) is 0 Å². The smallest absolute Gasteiger partial charge is 0.108 e. The lowest BCUT2D eigenvalue weighted by Gasteiger charge is -2.21. The molecule has 0 fully saturated rings. The van der Waals surface area contributed by atoms with E-state index in [0.717, 1.165) is 25.1 Å². The summed E-state index contributed by atoms with van der Waals surface area (Å²) in [5.74, 6) is 1.10. The van der Waals surface area contributed by atoms with Crippen LogP contribution in [0.4, 0.5) is 0 Å². The molecule has 1 N–H and O–H groups in total. The summed E-state index contributed by atoms with van der Waals surface area (Å²) in [6.07, 6.45) is 3.77. The van der Waals surface area contributed by atoms with Crippen LogP contribution < -0.4 is 5.32 Å². The molecular weight excluding hydrogens is 258 g/mol. The van der Waals surface area contributed by atoms with E-state index in [9.17, 15) is 0 Å². The van der Waals surface area contributed by atoms with Crippen LogP contribution in [0, 0.1) is 20.8 Å². The van der Waals surface area contributed by atoms with Crippen LogP contribution in [0.25, 0.3) is 0 Å². The zero-order valence-corrected chi connectivity index (χ0v) is 13.9. The maximum atomic E-state index is 5.62. The Morgan fingerprint density at radius 3 is 2.33 bits per heavy atom. The van der Waals surface area contributed by atoms with E-state index in [0.29, 0.717) is 6.04 Å². The van der Waals surface area contributed by atoms with E-state index in [4.69, 9.17) is 4.42 Å². The van der Waals surface area contributed by atoms with Crippen LogP contribution in [0.2, 0.25) is 0 Å². The zero-order chi connectivity index (χ0) is 15.4. The Balaban J connectivity index is 2.33. The normalized spacial score (nSPS) is 12.6. The van der Waals surface area contributed by atoms with Crippen LogP contribution in [-0.2, 0) is 12.8 Å². The van der Waals surface area contributed by atoms with Crippen LogP contribution in [0.1, 0.15) is 53.5 Å². The molecule has 0 spiro atoms. The lowest BCUT2D eigenvalue weighted by Crippen LogP contribution is -2.24. The Labute approximate surface area is 128 Å². The van der Waals surface area contributed by atoms with Crippen molar-refractivity contribution in [1.82, 2.24) is 5.32 Å². The Morgan fingerprint density at radius 2 is 1.76 bits per heavy atom. The van der Waals surface area contributed by atoms with Gasteiger partial charge in [0.05, 0.1) is 6.26 Å². The first-order valence-electron chi connectivity index (χ1n) is 7.93. The van der Waals surface area contributed by atoms with E-state index in [2.05, 4.69) is 58.1 Å². The van der Waals surface area contributed by atoms with E-state index < -0.39 is 0 Å². The van der Waals surface area contributed by atoms with Crippen molar-refractivity contribution in [3.63, 3.8) is 0 Å². The Hall–Kier alpha value is -1.54. The average Bonchev–Trinajstić information content (AvgIpc) is 2.89. The molecule has 0 amide bonds. The molecule has 0 aliphatic rings. The van der Waals surface area contributed by atoms with Crippen molar-refractivity contribution in [3.8, 4) is 0 Å². The number of rotatable bonds is 6. The largest absolute Gasteiger partial charge is 0.469 e. The Morgan fingerprint density at radius 1 is 1.10 bits per heavy atom.